The van der Waals surface area contributed by atoms with Crippen molar-refractivity contribution in [2.75, 3.05) is 17.6 Å². The zero-order valence-electron chi connectivity index (χ0n) is 10.3. The summed E-state index contributed by atoms with van der Waals surface area (Å²) in [5.74, 6) is 0.291. The molecule has 3 N–H and O–H groups in total. The van der Waals surface area contributed by atoms with Crippen molar-refractivity contribution in [1.29, 1.82) is 0 Å². The van der Waals surface area contributed by atoms with Crippen LogP contribution in [0.15, 0.2) is 53.4 Å². The summed E-state index contributed by atoms with van der Waals surface area (Å²) in [5, 5.41) is 0. The number of nitrogens with two attached hydrogens (primary N) is 1. The van der Waals surface area contributed by atoms with E-state index in [1.807, 2.05) is 0 Å². The molecule has 6 heteroatoms. The van der Waals surface area contributed by atoms with Gasteiger partial charge in [-0.2, -0.15) is 0 Å². The van der Waals surface area contributed by atoms with Crippen molar-refractivity contribution in [2.45, 2.75) is 4.90 Å². The number of ether oxygens (including phenoxy) is 1. The van der Waals surface area contributed by atoms with Gasteiger partial charge in [0, 0.05) is 5.69 Å². The van der Waals surface area contributed by atoms with Crippen molar-refractivity contribution in [2.24, 2.45) is 0 Å². The van der Waals surface area contributed by atoms with Gasteiger partial charge in [0.2, 0.25) is 0 Å². The molecular formula is C13H14N2O3S. The Morgan fingerprint density at radius 3 is 2.53 bits per heavy atom. The van der Waals surface area contributed by atoms with E-state index < -0.39 is 10.0 Å². The first-order valence-electron chi connectivity index (χ1n) is 5.54. The number of nitrogens with one attached hydrogen (secondary N) is 1. The summed E-state index contributed by atoms with van der Waals surface area (Å²) in [7, 11) is -2.28. The van der Waals surface area contributed by atoms with Crippen LogP contribution in [-0.2, 0) is 10.0 Å². The molecule has 2 aromatic rings. The van der Waals surface area contributed by atoms with Gasteiger partial charge >= 0.3 is 0 Å². The van der Waals surface area contributed by atoms with E-state index in [1.54, 1.807) is 42.5 Å². The van der Waals surface area contributed by atoms with E-state index in [0.717, 1.165) is 0 Å². The second kappa shape index (κ2) is 5.19. The first-order valence-corrected chi connectivity index (χ1v) is 7.02. The van der Waals surface area contributed by atoms with Gasteiger partial charge in [0.1, 0.15) is 10.6 Å². The molecule has 0 aliphatic heterocycles. The third kappa shape index (κ3) is 2.97. The van der Waals surface area contributed by atoms with Crippen molar-refractivity contribution >= 4 is 21.4 Å². The van der Waals surface area contributed by atoms with Gasteiger partial charge in [-0.05, 0) is 30.3 Å². The van der Waals surface area contributed by atoms with Crippen molar-refractivity contribution in [3.63, 3.8) is 0 Å². The quantitative estimate of drug-likeness (QED) is 0.839. The van der Waals surface area contributed by atoms with Crippen LogP contribution in [0.4, 0.5) is 11.4 Å². The van der Waals surface area contributed by atoms with Gasteiger partial charge in [0.25, 0.3) is 10.0 Å². The zero-order chi connectivity index (χ0) is 13.9. The molecule has 0 saturated heterocycles. The lowest BCUT2D eigenvalue weighted by molar-refractivity contribution is 0.403. The van der Waals surface area contributed by atoms with E-state index >= 15 is 0 Å². The Morgan fingerprint density at radius 2 is 1.84 bits per heavy atom. The standard InChI is InChI=1S/C13H14N2O3S/c1-18-12-7-2-3-8-13(12)19(16,17)15-11-6-4-5-10(14)9-11/h2-9,15H,14H2,1H3. The minimum absolute atomic E-state index is 0.0833. The Kier molecular flexibility index (Phi) is 3.62. The summed E-state index contributed by atoms with van der Waals surface area (Å²) in [6, 6.07) is 12.9. The molecule has 5 nitrogen and oxygen atoms in total. The number of anilines is 2. The SMILES string of the molecule is COc1ccccc1S(=O)(=O)Nc1cccc(N)c1. The Balaban J connectivity index is 2.38. The van der Waals surface area contributed by atoms with E-state index in [-0.39, 0.29) is 4.90 Å². The highest BCUT2D eigenvalue weighted by atomic mass is 32.2. The third-order valence-corrected chi connectivity index (χ3v) is 3.92. The minimum atomic E-state index is -3.70. The Labute approximate surface area is 112 Å². The Hall–Kier alpha value is -2.21. The average molecular weight is 278 g/mol. The molecule has 0 spiro atoms. The lowest BCUT2D eigenvalue weighted by Gasteiger charge is -2.11. The topological polar surface area (TPSA) is 81.4 Å². The number of hydrogen-bond donors (Lipinski definition) is 2. The molecule has 0 amide bonds. The molecule has 0 fully saturated rings. The molecule has 0 bridgehead atoms. The lowest BCUT2D eigenvalue weighted by atomic mass is 10.3. The smallest absolute Gasteiger partial charge is 0.265 e. The summed E-state index contributed by atoms with van der Waals surface area (Å²) in [4.78, 5) is 0.0833. The molecule has 0 atom stereocenters. The largest absolute Gasteiger partial charge is 0.495 e. The van der Waals surface area contributed by atoms with E-state index in [9.17, 15) is 8.42 Å². The van der Waals surface area contributed by atoms with E-state index in [2.05, 4.69) is 4.72 Å². The van der Waals surface area contributed by atoms with Crippen LogP contribution in [0.1, 0.15) is 0 Å². The predicted octanol–water partition coefficient (Wildman–Crippen LogP) is 2.08. The van der Waals surface area contributed by atoms with Crippen LogP contribution in [0, 0.1) is 0 Å². The van der Waals surface area contributed by atoms with Crippen molar-refractivity contribution < 1.29 is 13.2 Å². The molecule has 0 aliphatic carbocycles. The molecular weight excluding hydrogens is 264 g/mol. The van der Waals surface area contributed by atoms with E-state index in [4.69, 9.17) is 10.5 Å². The Bertz CT molecular complexity index is 684. The van der Waals surface area contributed by atoms with Gasteiger partial charge in [-0.3, -0.25) is 4.72 Å². The fraction of sp³-hybridized carbons (Fsp3) is 0.0769. The molecule has 19 heavy (non-hydrogen) atoms. The maximum absolute atomic E-state index is 12.3. The minimum Gasteiger partial charge on any atom is -0.495 e. The fourth-order valence-electron chi connectivity index (χ4n) is 1.65. The summed E-state index contributed by atoms with van der Waals surface area (Å²) >= 11 is 0. The van der Waals surface area contributed by atoms with Crippen molar-refractivity contribution in [3.8, 4) is 5.75 Å². The number of nitrogen functional groups attached to an aromatic ring is 1. The number of para-hydroxylation sites is 1. The van der Waals surface area contributed by atoms with Gasteiger partial charge in [0.15, 0.2) is 0 Å². The molecule has 0 aromatic heterocycles. The van der Waals surface area contributed by atoms with Crippen LogP contribution < -0.4 is 15.2 Å². The maximum Gasteiger partial charge on any atom is 0.265 e. The maximum atomic E-state index is 12.3. The van der Waals surface area contributed by atoms with Crippen LogP contribution in [0.3, 0.4) is 0 Å². The summed E-state index contributed by atoms with van der Waals surface area (Å²) in [5.41, 5.74) is 6.51. The van der Waals surface area contributed by atoms with Crippen LogP contribution in [-0.4, -0.2) is 15.5 Å². The fourth-order valence-corrected chi connectivity index (χ4v) is 2.87. The first kappa shape index (κ1) is 13.2. The lowest BCUT2D eigenvalue weighted by Crippen LogP contribution is -2.14. The van der Waals surface area contributed by atoms with Crippen LogP contribution in [0.25, 0.3) is 0 Å². The number of benzene rings is 2. The number of sulfonamides is 1. The molecule has 100 valence electrons. The highest BCUT2D eigenvalue weighted by molar-refractivity contribution is 7.92. The normalized spacial score (nSPS) is 11.0. The third-order valence-electron chi connectivity index (χ3n) is 2.50. The van der Waals surface area contributed by atoms with Crippen molar-refractivity contribution in [1.82, 2.24) is 0 Å². The van der Waals surface area contributed by atoms with Gasteiger partial charge in [0.05, 0.1) is 12.8 Å². The van der Waals surface area contributed by atoms with E-state index in [1.165, 1.54) is 13.2 Å². The van der Waals surface area contributed by atoms with Gasteiger partial charge in [-0.15, -0.1) is 0 Å². The number of methoxy groups -OCH3 is 1. The molecule has 0 saturated carbocycles. The van der Waals surface area contributed by atoms with Gasteiger partial charge in [-0.1, -0.05) is 18.2 Å². The molecule has 0 radical (unpaired) electrons. The first-order chi connectivity index (χ1) is 9.03. The highest BCUT2D eigenvalue weighted by Crippen LogP contribution is 2.25. The molecule has 0 unspecified atom stereocenters. The summed E-state index contributed by atoms with van der Waals surface area (Å²) < 4.78 is 32.0. The number of rotatable bonds is 4. The van der Waals surface area contributed by atoms with Gasteiger partial charge < -0.3 is 10.5 Å². The van der Waals surface area contributed by atoms with Crippen LogP contribution in [0.5, 0.6) is 5.75 Å². The second-order valence-corrected chi connectivity index (χ2v) is 5.53. The predicted molar refractivity (Wildman–Crippen MR) is 74.7 cm³/mol. The zero-order valence-corrected chi connectivity index (χ0v) is 11.1. The number of hydrogen-bond acceptors (Lipinski definition) is 4. The summed E-state index contributed by atoms with van der Waals surface area (Å²) in [6.45, 7) is 0. The molecule has 0 aliphatic rings. The monoisotopic (exact) mass is 278 g/mol. The highest BCUT2D eigenvalue weighted by Gasteiger charge is 2.18. The van der Waals surface area contributed by atoms with Crippen LogP contribution >= 0.6 is 0 Å². The average Bonchev–Trinajstić information content (AvgIpc) is 2.38. The van der Waals surface area contributed by atoms with Gasteiger partial charge in [-0.25, -0.2) is 8.42 Å². The molecule has 2 rings (SSSR count). The second-order valence-electron chi connectivity index (χ2n) is 3.88. The molecule has 2 aromatic carbocycles. The summed E-state index contributed by atoms with van der Waals surface area (Å²) in [6.07, 6.45) is 0. The van der Waals surface area contributed by atoms with Crippen molar-refractivity contribution in [3.05, 3.63) is 48.5 Å². The molecule has 0 heterocycles. The Morgan fingerprint density at radius 1 is 1.11 bits per heavy atom. The van der Waals surface area contributed by atoms with E-state index in [0.29, 0.717) is 17.1 Å². The van der Waals surface area contributed by atoms with Crippen LogP contribution in [0.2, 0.25) is 0 Å².